The molecule has 0 atom stereocenters. The Morgan fingerprint density at radius 2 is 1.80 bits per heavy atom. The first kappa shape index (κ1) is 20.5. The molecule has 0 bridgehead atoms. The molecular formula is C21H26N4O5. The molecule has 0 amide bonds. The smallest absolute Gasteiger partial charge is 0.336 e. The number of hydrogen-bond donors (Lipinski definition) is 0. The SMILES string of the molecule is CCOCCn1c(CN2CCN(C)CC2)nc2c3c(ccc21)OC(=O)/C=C/C(=O)O3. The molecule has 9 nitrogen and oxygen atoms in total. The van der Waals surface area contributed by atoms with Gasteiger partial charge in [-0.15, -0.1) is 0 Å². The third-order valence-corrected chi connectivity index (χ3v) is 5.31. The molecule has 0 radical (unpaired) electrons. The molecule has 9 heteroatoms. The number of rotatable bonds is 6. The Balaban J connectivity index is 1.73. The number of likely N-dealkylation sites (N-methyl/N-ethyl adjacent to an activating group) is 1. The maximum atomic E-state index is 12.1. The molecule has 3 heterocycles. The predicted octanol–water partition coefficient (Wildman–Crippen LogP) is 1.20. The average Bonchev–Trinajstić information content (AvgIpc) is 3.06. The summed E-state index contributed by atoms with van der Waals surface area (Å²) < 4.78 is 18.4. The molecule has 1 fully saturated rings. The highest BCUT2D eigenvalue weighted by Gasteiger charge is 2.24. The molecule has 0 aliphatic carbocycles. The van der Waals surface area contributed by atoms with Crippen LogP contribution >= 0.6 is 0 Å². The third-order valence-electron chi connectivity index (χ3n) is 5.31. The second-order valence-corrected chi connectivity index (χ2v) is 7.39. The summed E-state index contributed by atoms with van der Waals surface area (Å²) in [5.41, 5.74) is 1.32. The Morgan fingerprint density at radius 1 is 1.07 bits per heavy atom. The highest BCUT2D eigenvalue weighted by molar-refractivity contribution is 5.98. The van der Waals surface area contributed by atoms with Gasteiger partial charge in [0.2, 0.25) is 5.75 Å². The molecule has 2 aliphatic rings. The number of fused-ring (bicyclic) bond motifs is 3. The van der Waals surface area contributed by atoms with Crippen molar-refractivity contribution < 1.29 is 23.8 Å². The van der Waals surface area contributed by atoms with Gasteiger partial charge in [-0.2, -0.15) is 0 Å². The number of ether oxygens (including phenoxy) is 3. The van der Waals surface area contributed by atoms with Gasteiger partial charge < -0.3 is 23.7 Å². The number of carbonyl (C=O) groups excluding carboxylic acids is 2. The molecule has 1 aromatic carbocycles. The monoisotopic (exact) mass is 414 g/mol. The molecule has 30 heavy (non-hydrogen) atoms. The van der Waals surface area contributed by atoms with Gasteiger partial charge in [0.15, 0.2) is 5.75 Å². The van der Waals surface area contributed by atoms with E-state index in [0.29, 0.717) is 31.8 Å². The zero-order valence-electron chi connectivity index (χ0n) is 17.3. The summed E-state index contributed by atoms with van der Waals surface area (Å²) in [7, 11) is 2.12. The second-order valence-electron chi connectivity index (χ2n) is 7.39. The van der Waals surface area contributed by atoms with Crippen LogP contribution in [0.5, 0.6) is 11.5 Å². The largest absolute Gasteiger partial charge is 0.419 e. The molecule has 0 spiro atoms. The van der Waals surface area contributed by atoms with Crippen LogP contribution in [0.3, 0.4) is 0 Å². The summed E-state index contributed by atoms with van der Waals surface area (Å²) >= 11 is 0. The average molecular weight is 414 g/mol. The van der Waals surface area contributed by atoms with Gasteiger partial charge in [0, 0.05) is 51.5 Å². The van der Waals surface area contributed by atoms with Crippen molar-refractivity contribution in [3.63, 3.8) is 0 Å². The Morgan fingerprint density at radius 3 is 2.53 bits per heavy atom. The van der Waals surface area contributed by atoms with E-state index in [2.05, 4.69) is 21.4 Å². The van der Waals surface area contributed by atoms with Crippen molar-refractivity contribution >= 4 is 23.0 Å². The lowest BCUT2D eigenvalue weighted by molar-refractivity contribution is -0.133. The van der Waals surface area contributed by atoms with E-state index in [0.717, 1.165) is 49.7 Å². The van der Waals surface area contributed by atoms with E-state index in [4.69, 9.17) is 19.2 Å². The lowest BCUT2D eigenvalue weighted by Crippen LogP contribution is -2.44. The van der Waals surface area contributed by atoms with Crippen LogP contribution in [0.25, 0.3) is 11.0 Å². The van der Waals surface area contributed by atoms with Crippen molar-refractivity contribution in [3.05, 3.63) is 30.1 Å². The van der Waals surface area contributed by atoms with Crippen LogP contribution in [-0.4, -0.2) is 77.7 Å². The van der Waals surface area contributed by atoms with Crippen LogP contribution in [0.2, 0.25) is 0 Å². The molecule has 2 aliphatic heterocycles. The van der Waals surface area contributed by atoms with Crippen molar-refractivity contribution in [1.29, 1.82) is 0 Å². The van der Waals surface area contributed by atoms with Gasteiger partial charge in [0.05, 0.1) is 18.7 Å². The number of carbonyl (C=O) groups is 2. The number of aromatic nitrogens is 2. The van der Waals surface area contributed by atoms with Crippen LogP contribution in [0.15, 0.2) is 24.3 Å². The summed E-state index contributed by atoms with van der Waals surface area (Å²) in [5, 5.41) is 0. The summed E-state index contributed by atoms with van der Waals surface area (Å²) in [6, 6.07) is 3.48. The first-order valence-corrected chi connectivity index (χ1v) is 10.2. The maximum Gasteiger partial charge on any atom is 0.336 e. The number of esters is 2. The van der Waals surface area contributed by atoms with Crippen LogP contribution in [0.4, 0.5) is 0 Å². The van der Waals surface area contributed by atoms with Crippen molar-refractivity contribution in [1.82, 2.24) is 19.4 Å². The van der Waals surface area contributed by atoms with Crippen molar-refractivity contribution in [3.8, 4) is 11.5 Å². The van der Waals surface area contributed by atoms with E-state index in [1.807, 2.05) is 13.0 Å². The van der Waals surface area contributed by atoms with Crippen LogP contribution < -0.4 is 9.47 Å². The zero-order valence-corrected chi connectivity index (χ0v) is 17.3. The van der Waals surface area contributed by atoms with Gasteiger partial charge >= 0.3 is 11.9 Å². The molecule has 4 rings (SSSR count). The van der Waals surface area contributed by atoms with E-state index in [9.17, 15) is 9.59 Å². The van der Waals surface area contributed by atoms with Gasteiger partial charge in [-0.25, -0.2) is 14.6 Å². The van der Waals surface area contributed by atoms with Crippen LogP contribution in [0.1, 0.15) is 12.7 Å². The number of hydrogen-bond acceptors (Lipinski definition) is 8. The standard InChI is InChI=1S/C21H26N4O5/c1-3-28-13-12-25-15-4-5-16-21(30-19(27)7-6-18(26)29-16)20(15)22-17(25)14-24-10-8-23(2)9-11-24/h4-7H,3,8-14H2,1-2H3/b7-6+. The first-order chi connectivity index (χ1) is 14.5. The molecule has 1 aromatic heterocycles. The Bertz CT molecular complexity index is 975. The minimum absolute atomic E-state index is 0.171. The predicted molar refractivity (Wildman–Crippen MR) is 109 cm³/mol. The molecule has 1 saturated heterocycles. The lowest BCUT2D eigenvalue weighted by Gasteiger charge is -2.32. The second kappa shape index (κ2) is 8.95. The zero-order chi connectivity index (χ0) is 21.1. The topological polar surface area (TPSA) is 86.1 Å². The summed E-state index contributed by atoms with van der Waals surface area (Å²) in [6.07, 6.45) is 2.11. The molecule has 0 N–H and O–H groups in total. The Labute approximate surface area is 174 Å². The number of piperazine rings is 1. The summed E-state index contributed by atoms with van der Waals surface area (Å²) in [5.74, 6) is -0.0380. The third kappa shape index (κ3) is 4.38. The molecular weight excluding hydrogens is 388 g/mol. The fraction of sp³-hybridized carbons (Fsp3) is 0.476. The van der Waals surface area contributed by atoms with Gasteiger partial charge in [-0.1, -0.05) is 0 Å². The summed E-state index contributed by atoms with van der Waals surface area (Å²) in [6.45, 7) is 8.38. The number of nitrogens with zero attached hydrogens (tertiary/aromatic N) is 4. The highest BCUT2D eigenvalue weighted by atomic mass is 16.6. The highest BCUT2D eigenvalue weighted by Crippen LogP contribution is 2.37. The fourth-order valence-electron chi connectivity index (χ4n) is 3.67. The van der Waals surface area contributed by atoms with Crippen LogP contribution in [0, 0.1) is 0 Å². The van der Waals surface area contributed by atoms with Crippen molar-refractivity contribution in [2.75, 3.05) is 46.4 Å². The van der Waals surface area contributed by atoms with E-state index in [1.165, 1.54) is 0 Å². The Kier molecular flexibility index (Phi) is 6.12. The van der Waals surface area contributed by atoms with E-state index < -0.39 is 11.9 Å². The molecule has 0 unspecified atom stereocenters. The van der Waals surface area contributed by atoms with E-state index >= 15 is 0 Å². The minimum Gasteiger partial charge on any atom is -0.419 e. The minimum atomic E-state index is -0.634. The number of imidazole rings is 1. The molecule has 2 aromatic rings. The first-order valence-electron chi connectivity index (χ1n) is 10.2. The molecule has 160 valence electrons. The quantitative estimate of drug-likeness (QED) is 0.396. The lowest BCUT2D eigenvalue weighted by atomic mass is 10.2. The van der Waals surface area contributed by atoms with Gasteiger partial charge in [-0.3, -0.25) is 4.90 Å². The van der Waals surface area contributed by atoms with Crippen LogP contribution in [-0.2, 0) is 27.4 Å². The van der Waals surface area contributed by atoms with Crippen molar-refractivity contribution in [2.45, 2.75) is 20.0 Å². The van der Waals surface area contributed by atoms with Gasteiger partial charge in [0.1, 0.15) is 11.3 Å². The molecule has 0 saturated carbocycles. The Hall–Kier alpha value is -2.75. The normalized spacial score (nSPS) is 19.1. The van der Waals surface area contributed by atoms with Gasteiger partial charge in [-0.05, 0) is 26.1 Å². The van der Waals surface area contributed by atoms with Crippen molar-refractivity contribution in [2.24, 2.45) is 0 Å². The maximum absolute atomic E-state index is 12.1. The van der Waals surface area contributed by atoms with E-state index in [1.54, 1.807) is 6.07 Å². The van der Waals surface area contributed by atoms with E-state index in [-0.39, 0.29) is 11.5 Å². The summed E-state index contributed by atoms with van der Waals surface area (Å²) in [4.78, 5) is 33.4. The number of benzene rings is 1. The fourth-order valence-corrected chi connectivity index (χ4v) is 3.67. The van der Waals surface area contributed by atoms with Gasteiger partial charge in [0.25, 0.3) is 0 Å².